The molecule has 4 heteroatoms. The highest BCUT2D eigenvalue weighted by Crippen LogP contribution is 1.94. The van der Waals surface area contributed by atoms with Gasteiger partial charge in [0.2, 0.25) is 0 Å². The average Bonchev–Trinajstić information content (AvgIpc) is 2.37. The summed E-state index contributed by atoms with van der Waals surface area (Å²) in [5.74, 6) is -0.455. The molecule has 0 amide bonds. The third-order valence-corrected chi connectivity index (χ3v) is 1.59. The molecule has 1 N–H and O–H groups in total. The lowest BCUT2D eigenvalue weighted by Crippen LogP contribution is -2.08. The van der Waals surface area contributed by atoms with E-state index >= 15 is 0 Å². The van der Waals surface area contributed by atoms with Crippen LogP contribution in [0.15, 0.2) is 43.3 Å². The number of aliphatic hydroxyl groups excluding tert-OH is 1. The minimum Gasteiger partial charge on any atom is -0.460 e. The highest BCUT2D eigenvalue weighted by Gasteiger charge is 1.99. The molecule has 92 valence electrons. The zero-order valence-electron chi connectivity index (χ0n) is 9.93. The minimum absolute atomic E-state index is 0.0473. The summed E-state index contributed by atoms with van der Waals surface area (Å²) in [6.07, 6.45) is 5.28. The van der Waals surface area contributed by atoms with Gasteiger partial charge in [-0.05, 0) is 18.6 Å². The maximum Gasteiger partial charge on any atom is 0.333 e. The third-order valence-electron chi connectivity index (χ3n) is 1.59. The van der Waals surface area contributed by atoms with Crippen molar-refractivity contribution in [3.8, 4) is 0 Å². The van der Waals surface area contributed by atoms with Gasteiger partial charge in [-0.15, -0.1) is 0 Å². The molecule has 1 aromatic rings. The van der Waals surface area contributed by atoms with Crippen LogP contribution in [0.4, 0.5) is 0 Å². The molecule has 0 bridgehead atoms. The fourth-order valence-electron chi connectivity index (χ4n) is 0.758. The number of aromatic nitrogens is 1. The largest absolute Gasteiger partial charge is 0.460 e. The zero-order chi connectivity index (χ0) is 13.1. The van der Waals surface area contributed by atoms with E-state index in [0.29, 0.717) is 5.57 Å². The van der Waals surface area contributed by atoms with E-state index in [9.17, 15) is 4.79 Å². The fraction of sp³-hybridized carbons (Fsp3) is 0.231. The number of rotatable bonds is 4. The van der Waals surface area contributed by atoms with Crippen molar-refractivity contribution in [3.63, 3.8) is 0 Å². The van der Waals surface area contributed by atoms with E-state index in [1.165, 1.54) is 0 Å². The number of nitrogens with zero attached hydrogens (tertiary/aromatic N) is 1. The highest BCUT2D eigenvalue weighted by atomic mass is 16.5. The number of hydrogen-bond donors (Lipinski definition) is 1. The Morgan fingerprint density at radius 3 is 2.71 bits per heavy atom. The van der Waals surface area contributed by atoms with Crippen LogP contribution in [-0.2, 0) is 9.53 Å². The van der Waals surface area contributed by atoms with E-state index < -0.39 is 5.97 Å². The van der Waals surface area contributed by atoms with Crippen LogP contribution in [0.3, 0.4) is 0 Å². The predicted octanol–water partition coefficient (Wildman–Crippen LogP) is 1.82. The van der Waals surface area contributed by atoms with Crippen molar-refractivity contribution in [2.75, 3.05) is 13.2 Å². The monoisotopic (exact) mass is 235 g/mol. The smallest absolute Gasteiger partial charge is 0.333 e. The van der Waals surface area contributed by atoms with Gasteiger partial charge in [0.25, 0.3) is 0 Å². The molecule has 0 atom stereocenters. The van der Waals surface area contributed by atoms with Gasteiger partial charge >= 0.3 is 5.97 Å². The van der Waals surface area contributed by atoms with Gasteiger partial charge in [0.15, 0.2) is 0 Å². The normalized spacial score (nSPS) is 8.59. The van der Waals surface area contributed by atoms with Crippen LogP contribution < -0.4 is 0 Å². The average molecular weight is 235 g/mol. The first-order valence-corrected chi connectivity index (χ1v) is 5.07. The summed E-state index contributed by atoms with van der Waals surface area (Å²) in [5, 5.41) is 8.19. The molecular weight excluding hydrogens is 218 g/mol. The number of carbonyl (C=O) groups excluding carboxylic acids is 1. The summed E-state index contributed by atoms with van der Waals surface area (Å²) in [6.45, 7) is 8.41. The van der Waals surface area contributed by atoms with E-state index in [1.807, 2.05) is 12.1 Å². The molecule has 0 aliphatic carbocycles. The standard InChI is InChI=1S/C7H7N.C6H10O3/c1-2-7-4-3-5-8-6-7;1-5(2)6(8)9-4-3-7/h2-6H,1H2;7H,1,3-4H2,2H3. The number of aliphatic hydroxyl groups is 1. The number of hydrogen-bond acceptors (Lipinski definition) is 4. The maximum absolute atomic E-state index is 10.5. The van der Waals surface area contributed by atoms with E-state index in [-0.39, 0.29) is 13.2 Å². The first-order valence-electron chi connectivity index (χ1n) is 5.07. The van der Waals surface area contributed by atoms with Crippen molar-refractivity contribution in [2.45, 2.75) is 6.92 Å². The van der Waals surface area contributed by atoms with Gasteiger partial charge < -0.3 is 9.84 Å². The molecule has 0 aromatic carbocycles. The van der Waals surface area contributed by atoms with E-state index in [2.05, 4.69) is 22.9 Å². The molecule has 0 saturated carbocycles. The van der Waals surface area contributed by atoms with Crippen LogP contribution in [-0.4, -0.2) is 29.3 Å². The third kappa shape index (κ3) is 7.93. The molecule has 0 aliphatic heterocycles. The van der Waals surface area contributed by atoms with Gasteiger partial charge in [-0.2, -0.15) is 0 Å². The SMILES string of the molecule is C=C(C)C(=O)OCCO.C=Cc1cccnc1. The van der Waals surface area contributed by atoms with Crippen LogP contribution in [0.2, 0.25) is 0 Å². The summed E-state index contributed by atoms with van der Waals surface area (Å²) in [5.41, 5.74) is 1.41. The minimum atomic E-state index is -0.455. The summed E-state index contributed by atoms with van der Waals surface area (Å²) in [7, 11) is 0. The summed E-state index contributed by atoms with van der Waals surface area (Å²) in [6, 6.07) is 3.84. The predicted molar refractivity (Wildman–Crippen MR) is 67.2 cm³/mol. The maximum atomic E-state index is 10.5. The van der Waals surface area contributed by atoms with Gasteiger partial charge in [-0.1, -0.05) is 25.3 Å². The second-order valence-electron chi connectivity index (χ2n) is 3.13. The first-order chi connectivity index (χ1) is 8.11. The lowest BCUT2D eigenvalue weighted by molar-refractivity contribution is -0.139. The Labute approximate surface area is 101 Å². The molecule has 4 nitrogen and oxygen atoms in total. The van der Waals surface area contributed by atoms with Crippen LogP contribution in [0.1, 0.15) is 12.5 Å². The molecule has 0 saturated heterocycles. The Hall–Kier alpha value is -1.94. The molecule has 0 fully saturated rings. The quantitative estimate of drug-likeness (QED) is 0.639. The van der Waals surface area contributed by atoms with Gasteiger partial charge in [0.1, 0.15) is 6.61 Å². The molecule has 17 heavy (non-hydrogen) atoms. The number of pyridine rings is 1. The lowest BCUT2D eigenvalue weighted by atomic mass is 10.3. The zero-order valence-corrected chi connectivity index (χ0v) is 9.93. The van der Waals surface area contributed by atoms with Crippen molar-refractivity contribution in [1.82, 2.24) is 4.98 Å². The van der Waals surface area contributed by atoms with E-state index in [4.69, 9.17) is 5.11 Å². The second-order valence-corrected chi connectivity index (χ2v) is 3.13. The Morgan fingerprint density at radius 2 is 2.35 bits per heavy atom. The molecular formula is C13H17NO3. The Kier molecular flexibility index (Phi) is 8.24. The van der Waals surface area contributed by atoms with Gasteiger partial charge in [-0.3, -0.25) is 4.98 Å². The van der Waals surface area contributed by atoms with Crippen LogP contribution >= 0.6 is 0 Å². The molecule has 0 spiro atoms. The second kappa shape index (κ2) is 9.30. The van der Waals surface area contributed by atoms with Crippen molar-refractivity contribution >= 4 is 12.0 Å². The van der Waals surface area contributed by atoms with Crippen LogP contribution in [0.25, 0.3) is 6.08 Å². The van der Waals surface area contributed by atoms with Crippen LogP contribution in [0.5, 0.6) is 0 Å². The summed E-state index contributed by atoms with van der Waals surface area (Å²) in [4.78, 5) is 14.4. The molecule has 1 aromatic heterocycles. The molecule has 1 heterocycles. The Balaban J connectivity index is 0.000000302. The van der Waals surface area contributed by atoms with Crippen molar-refractivity contribution in [2.24, 2.45) is 0 Å². The van der Waals surface area contributed by atoms with Gasteiger partial charge in [-0.25, -0.2) is 4.79 Å². The van der Waals surface area contributed by atoms with Crippen molar-refractivity contribution in [1.29, 1.82) is 0 Å². The number of esters is 1. The molecule has 0 aliphatic rings. The molecule has 0 radical (unpaired) electrons. The van der Waals surface area contributed by atoms with Crippen molar-refractivity contribution < 1.29 is 14.6 Å². The molecule has 1 rings (SSSR count). The van der Waals surface area contributed by atoms with Crippen molar-refractivity contribution in [3.05, 3.63) is 48.8 Å². The number of ether oxygens (including phenoxy) is 1. The first kappa shape index (κ1) is 15.1. The van der Waals surface area contributed by atoms with E-state index in [0.717, 1.165) is 5.56 Å². The van der Waals surface area contributed by atoms with Crippen LogP contribution in [0, 0.1) is 0 Å². The van der Waals surface area contributed by atoms with Gasteiger partial charge in [0.05, 0.1) is 6.61 Å². The Bertz CT molecular complexity index is 360. The Morgan fingerprint density at radius 1 is 1.65 bits per heavy atom. The molecule has 0 unspecified atom stereocenters. The summed E-state index contributed by atoms with van der Waals surface area (Å²) < 4.78 is 4.46. The summed E-state index contributed by atoms with van der Waals surface area (Å²) >= 11 is 0. The number of carbonyl (C=O) groups is 1. The fourth-order valence-corrected chi connectivity index (χ4v) is 0.758. The topological polar surface area (TPSA) is 59.4 Å². The van der Waals surface area contributed by atoms with Gasteiger partial charge in [0, 0.05) is 18.0 Å². The lowest BCUT2D eigenvalue weighted by Gasteiger charge is -1.99. The highest BCUT2D eigenvalue weighted by molar-refractivity contribution is 5.86. The van der Waals surface area contributed by atoms with E-state index in [1.54, 1.807) is 25.4 Å².